The van der Waals surface area contributed by atoms with Gasteiger partial charge in [0.25, 0.3) is 0 Å². The van der Waals surface area contributed by atoms with Gasteiger partial charge in [-0.1, -0.05) is 0 Å². The van der Waals surface area contributed by atoms with Crippen molar-refractivity contribution in [3.63, 3.8) is 0 Å². The van der Waals surface area contributed by atoms with Gasteiger partial charge in [0, 0.05) is 0 Å². The van der Waals surface area contributed by atoms with Gasteiger partial charge in [0.05, 0.1) is 0 Å². The van der Waals surface area contributed by atoms with Crippen LogP contribution in [0.5, 0.6) is 0 Å². The van der Waals surface area contributed by atoms with Crippen LogP contribution in [0.25, 0.3) is 0 Å². The van der Waals surface area contributed by atoms with Crippen LogP contribution < -0.4 is 0 Å². The molecule has 6 nitrogen and oxygen atoms in total. The van der Waals surface area contributed by atoms with Crippen molar-refractivity contribution < 1.29 is 30.2 Å². The minimum Gasteiger partial charge on any atom is 3.00 e. The minimum atomic E-state index is -6.17. The van der Waals surface area contributed by atoms with Gasteiger partial charge in [-0.15, -0.1) is 0 Å². The zero-order valence-corrected chi connectivity index (χ0v) is 9.11. The van der Waals surface area contributed by atoms with Crippen LogP contribution in [0.15, 0.2) is 0 Å². The van der Waals surface area contributed by atoms with Crippen molar-refractivity contribution in [2.45, 2.75) is 0 Å². The first-order chi connectivity index (χ1) is 5.97. The third-order valence-electron chi connectivity index (χ3n) is 1.19. The third kappa shape index (κ3) is 1.05. The molecular weight excluding hydrogens is 315 g/mol. The van der Waals surface area contributed by atoms with Crippen LogP contribution in [0.2, 0.25) is 0 Å². The average molecular weight is 315 g/mol. The minimum absolute atomic E-state index is 0. The molecule has 0 heterocycles. The van der Waals surface area contributed by atoms with E-state index in [4.69, 9.17) is 31.6 Å². The van der Waals surface area contributed by atoms with Crippen LogP contribution in [0.3, 0.4) is 0 Å². The van der Waals surface area contributed by atoms with E-state index in [1.54, 1.807) is 0 Å². The van der Waals surface area contributed by atoms with E-state index in [9.17, 15) is 0 Å². The molecule has 0 atom stereocenters. The average Bonchev–Trinajstić information content (AvgIpc) is 2.26. The summed E-state index contributed by atoms with van der Waals surface area (Å²) in [6, 6.07) is 0. The fraction of sp³-hybridized carbons (Fsp3) is 0. The molecule has 0 fully saturated rings. The molecule has 0 unspecified atom stereocenters. The predicted octanol–water partition coefficient (Wildman–Crippen LogP) is 0.0957. The summed E-state index contributed by atoms with van der Waals surface area (Å²) in [7, 11) is -6.17. The van der Waals surface area contributed by atoms with E-state index in [0.717, 1.165) is 29.8 Å². The summed E-state index contributed by atoms with van der Waals surface area (Å²) in [6.07, 6.45) is 0. The van der Waals surface area contributed by atoms with Crippen LogP contribution in [0, 0.1) is 61.4 Å². The van der Waals surface area contributed by atoms with E-state index in [1.807, 2.05) is 0 Å². The second kappa shape index (κ2) is 3.09. The van der Waals surface area contributed by atoms with Crippen LogP contribution >= 0.6 is 0 Å². The molecule has 0 aromatic heterocycles. The Morgan fingerprint density at radius 1 is 0.500 bits per heavy atom. The van der Waals surface area contributed by atoms with Crippen molar-refractivity contribution in [3.05, 3.63) is 0 Å². The summed E-state index contributed by atoms with van der Waals surface area (Å²) in [5.74, 6) is 0. The van der Waals surface area contributed by atoms with Gasteiger partial charge in [0.2, 0.25) is 0 Å². The maximum Gasteiger partial charge on any atom is 3.00 e. The quantitative estimate of drug-likeness (QED) is 0.580. The summed E-state index contributed by atoms with van der Waals surface area (Å²) in [4.78, 5) is 6.19. The third-order valence-corrected chi connectivity index (χ3v) is 4.89. The normalized spacial score (nSPS) is 12.4. The van der Waals surface area contributed by atoms with E-state index in [1.165, 1.54) is 0 Å². The summed E-state index contributed by atoms with van der Waals surface area (Å²) < 4.78 is 0. The topological polar surface area (TPSA) is 143 Å². The maximum absolute atomic E-state index is 8.58. The van der Waals surface area contributed by atoms with E-state index < -0.39 is 10.7 Å². The monoisotopic (exact) mass is 315 g/mol. The van der Waals surface area contributed by atoms with Gasteiger partial charge in [0.15, 0.2) is 0 Å². The fourth-order valence-corrected chi connectivity index (χ4v) is 1.09. The van der Waals surface area contributed by atoms with Crippen molar-refractivity contribution >= 4 is 0 Å². The van der Waals surface area contributed by atoms with Gasteiger partial charge in [-0.05, 0) is 0 Å². The molecule has 0 saturated carbocycles. The Balaban J connectivity index is 0. The summed E-state index contributed by atoms with van der Waals surface area (Å²) >= 11 is 0. The van der Waals surface area contributed by atoms with Crippen molar-refractivity contribution in [2.24, 2.45) is 0 Å². The molecule has 0 aliphatic heterocycles. The Morgan fingerprint density at radius 2 is 0.643 bits per heavy atom. The van der Waals surface area contributed by atoms with Crippen LogP contribution in [-0.4, -0.2) is 0 Å². The maximum atomic E-state index is 8.58. The second-order valence-electron chi connectivity index (χ2n) is 1.80. The molecule has 14 heavy (non-hydrogen) atoms. The SMILES string of the molecule is N#[C][Fe-3]([C]#N)([C]#N)([C]#N)([C]#N)[C]#N.[Rh+3]. The number of nitriles is 6. The Hall–Kier alpha value is -1.92. The van der Waals surface area contributed by atoms with Crippen molar-refractivity contribution in [1.82, 2.24) is 0 Å². The molecule has 0 spiro atoms. The molecule has 0 amide bonds. The predicted molar refractivity (Wildman–Crippen MR) is 33.7 cm³/mol. The number of rotatable bonds is 0. The van der Waals surface area contributed by atoms with Crippen molar-refractivity contribution in [1.29, 1.82) is 31.6 Å². The Labute approximate surface area is 91.5 Å². The number of hydrogen-bond donors (Lipinski definition) is 0. The van der Waals surface area contributed by atoms with Crippen molar-refractivity contribution in [2.75, 3.05) is 0 Å². The van der Waals surface area contributed by atoms with Gasteiger partial charge < -0.3 is 0 Å². The molecule has 71 valence electrons. The molecule has 0 N–H and O–H groups in total. The summed E-state index contributed by atoms with van der Waals surface area (Å²) in [6.45, 7) is 0. The second-order valence-corrected chi connectivity index (χ2v) is 7.42. The standard InChI is InChI=1S/6CN.Fe.Rh/c6*1-2;;/q;;;;;;-3;+3. The van der Waals surface area contributed by atoms with Crippen LogP contribution in [0.1, 0.15) is 0 Å². The molecule has 0 rings (SSSR count). The molecule has 8 heteroatoms. The first-order valence-electron chi connectivity index (χ1n) is 2.40. The molecule has 0 radical (unpaired) electrons. The van der Waals surface area contributed by atoms with Crippen LogP contribution in [-0.2, 0) is 30.2 Å². The summed E-state index contributed by atoms with van der Waals surface area (Å²) in [5, 5.41) is 51.5. The van der Waals surface area contributed by atoms with Crippen LogP contribution in [0.4, 0.5) is 0 Å². The first kappa shape index (κ1) is 14.6. The first-order valence-corrected chi connectivity index (χ1v) is 5.71. The van der Waals surface area contributed by atoms with Gasteiger partial charge in [-0.3, -0.25) is 0 Å². The molecule has 0 aromatic rings. The smallest absolute Gasteiger partial charge is 3.00 e. The van der Waals surface area contributed by atoms with E-state index >= 15 is 0 Å². The van der Waals surface area contributed by atoms with E-state index in [0.29, 0.717) is 0 Å². The fourth-order valence-electron chi connectivity index (χ4n) is 0.265. The molecule has 0 aromatic carbocycles. The zero-order valence-electron chi connectivity index (χ0n) is 6.37. The largest absolute Gasteiger partial charge is 3.00 e. The van der Waals surface area contributed by atoms with Gasteiger partial charge in [-0.25, -0.2) is 0 Å². The molecule has 0 bridgehead atoms. The van der Waals surface area contributed by atoms with Gasteiger partial charge in [0.1, 0.15) is 0 Å². The Bertz CT molecular complexity index is 392. The molecule has 0 aliphatic carbocycles. The number of nitrogens with zero attached hydrogens (tertiary/aromatic N) is 6. The molecular formula is C6FeN6Rh. The summed E-state index contributed by atoms with van der Waals surface area (Å²) in [5.41, 5.74) is 0. The number of hydrogen-bond acceptors (Lipinski definition) is 6. The van der Waals surface area contributed by atoms with E-state index in [2.05, 4.69) is 0 Å². The van der Waals surface area contributed by atoms with Gasteiger partial charge >= 0.3 is 91.6 Å². The van der Waals surface area contributed by atoms with Crippen molar-refractivity contribution in [3.8, 4) is 29.8 Å². The Kier molecular flexibility index (Phi) is 3.23. The molecule has 0 aliphatic rings. The zero-order chi connectivity index (χ0) is 10.7. The van der Waals surface area contributed by atoms with E-state index in [-0.39, 0.29) is 19.5 Å². The Morgan fingerprint density at radius 3 is 0.643 bits per heavy atom. The molecule has 0 saturated heterocycles. The van der Waals surface area contributed by atoms with Gasteiger partial charge in [-0.2, -0.15) is 0 Å².